The standard InChI is InChI=1S/C15H20N2OS/c1-3-9-19-11-12(18)10-14-13-7-5-6-8-15(13)17(4-2)16-14/h5-8H,3-4,9-11H2,1-2H3. The highest BCUT2D eigenvalue weighted by Crippen LogP contribution is 2.19. The molecule has 0 radical (unpaired) electrons. The molecule has 4 heteroatoms. The van der Waals surface area contributed by atoms with Crippen LogP contribution in [0.25, 0.3) is 10.9 Å². The Balaban J connectivity index is 2.14. The molecule has 1 heterocycles. The number of ketones is 1. The van der Waals surface area contributed by atoms with E-state index in [0.29, 0.717) is 12.2 Å². The number of carbonyl (C=O) groups is 1. The molecule has 1 aromatic heterocycles. The Morgan fingerprint density at radius 3 is 2.84 bits per heavy atom. The summed E-state index contributed by atoms with van der Waals surface area (Å²) < 4.78 is 1.97. The smallest absolute Gasteiger partial charge is 0.148 e. The summed E-state index contributed by atoms with van der Waals surface area (Å²) in [4.78, 5) is 12.0. The molecule has 0 atom stereocenters. The Labute approximate surface area is 118 Å². The van der Waals surface area contributed by atoms with E-state index in [2.05, 4.69) is 31.1 Å². The first-order valence-corrected chi connectivity index (χ1v) is 7.95. The van der Waals surface area contributed by atoms with Crippen molar-refractivity contribution in [3.63, 3.8) is 0 Å². The molecule has 0 fully saturated rings. The maximum absolute atomic E-state index is 12.0. The lowest BCUT2D eigenvalue weighted by Gasteiger charge is -1.98. The lowest BCUT2D eigenvalue weighted by atomic mass is 10.1. The van der Waals surface area contributed by atoms with Crippen molar-refractivity contribution in [2.45, 2.75) is 33.2 Å². The fraction of sp³-hybridized carbons (Fsp3) is 0.467. The number of hydrogen-bond acceptors (Lipinski definition) is 3. The van der Waals surface area contributed by atoms with Crippen LogP contribution < -0.4 is 0 Å². The molecule has 0 saturated heterocycles. The number of hydrogen-bond donors (Lipinski definition) is 0. The number of aromatic nitrogens is 2. The molecule has 0 unspecified atom stereocenters. The van der Waals surface area contributed by atoms with Crippen molar-refractivity contribution < 1.29 is 4.79 Å². The molecule has 0 bridgehead atoms. The topological polar surface area (TPSA) is 34.9 Å². The molecule has 0 aliphatic rings. The van der Waals surface area contributed by atoms with Crippen LogP contribution in [0.15, 0.2) is 24.3 Å². The number of carbonyl (C=O) groups excluding carboxylic acids is 1. The highest BCUT2D eigenvalue weighted by Gasteiger charge is 2.12. The van der Waals surface area contributed by atoms with Crippen LogP contribution in [0.1, 0.15) is 26.0 Å². The van der Waals surface area contributed by atoms with Gasteiger partial charge in [-0.15, -0.1) is 0 Å². The van der Waals surface area contributed by atoms with Gasteiger partial charge in [0.1, 0.15) is 5.78 Å². The van der Waals surface area contributed by atoms with Crippen LogP contribution in [-0.4, -0.2) is 27.1 Å². The van der Waals surface area contributed by atoms with E-state index in [4.69, 9.17) is 0 Å². The minimum absolute atomic E-state index is 0.268. The number of fused-ring (bicyclic) bond motifs is 1. The number of para-hydroxylation sites is 1. The molecular weight excluding hydrogens is 256 g/mol. The SMILES string of the molecule is CCCSCC(=O)Cc1nn(CC)c2ccccc12. The quantitative estimate of drug-likeness (QED) is 0.728. The van der Waals surface area contributed by atoms with Crippen LogP contribution in [0.4, 0.5) is 0 Å². The zero-order valence-corrected chi connectivity index (χ0v) is 12.4. The van der Waals surface area contributed by atoms with Gasteiger partial charge in [-0.2, -0.15) is 16.9 Å². The van der Waals surface area contributed by atoms with Crippen LogP contribution in [-0.2, 0) is 17.8 Å². The number of Topliss-reactive ketones (excluding diaryl/α,β-unsaturated/α-hetero) is 1. The highest BCUT2D eigenvalue weighted by molar-refractivity contribution is 7.99. The van der Waals surface area contributed by atoms with Gasteiger partial charge in [0.25, 0.3) is 0 Å². The fourth-order valence-corrected chi connectivity index (χ4v) is 2.90. The van der Waals surface area contributed by atoms with Crippen molar-refractivity contribution in [1.29, 1.82) is 0 Å². The highest BCUT2D eigenvalue weighted by atomic mass is 32.2. The molecule has 1 aromatic carbocycles. The summed E-state index contributed by atoms with van der Waals surface area (Å²) in [5, 5.41) is 5.67. The van der Waals surface area contributed by atoms with E-state index in [9.17, 15) is 4.79 Å². The van der Waals surface area contributed by atoms with Crippen molar-refractivity contribution >= 4 is 28.4 Å². The Morgan fingerprint density at radius 1 is 1.32 bits per heavy atom. The van der Waals surface area contributed by atoms with Gasteiger partial charge in [-0.05, 0) is 25.2 Å². The summed E-state index contributed by atoms with van der Waals surface area (Å²) in [5.41, 5.74) is 2.04. The lowest BCUT2D eigenvalue weighted by molar-refractivity contribution is -0.116. The van der Waals surface area contributed by atoms with Crippen LogP contribution >= 0.6 is 11.8 Å². The van der Waals surface area contributed by atoms with E-state index in [1.165, 1.54) is 0 Å². The number of rotatable bonds is 7. The molecule has 19 heavy (non-hydrogen) atoms. The summed E-state index contributed by atoms with van der Waals surface area (Å²) in [6.07, 6.45) is 1.57. The third-order valence-electron chi connectivity index (χ3n) is 3.01. The fourth-order valence-electron chi connectivity index (χ4n) is 2.14. The van der Waals surface area contributed by atoms with Crippen molar-refractivity contribution in [1.82, 2.24) is 9.78 Å². The maximum Gasteiger partial charge on any atom is 0.148 e. The maximum atomic E-state index is 12.0. The molecule has 102 valence electrons. The first-order chi connectivity index (χ1) is 9.26. The van der Waals surface area contributed by atoms with E-state index in [0.717, 1.165) is 35.3 Å². The van der Waals surface area contributed by atoms with Gasteiger partial charge >= 0.3 is 0 Å². The first-order valence-electron chi connectivity index (χ1n) is 6.80. The summed E-state index contributed by atoms with van der Waals surface area (Å²) in [6, 6.07) is 8.13. The van der Waals surface area contributed by atoms with Crippen LogP contribution in [0.3, 0.4) is 0 Å². The van der Waals surface area contributed by atoms with E-state index < -0.39 is 0 Å². The largest absolute Gasteiger partial charge is 0.298 e. The summed E-state index contributed by atoms with van der Waals surface area (Å²) >= 11 is 1.71. The van der Waals surface area contributed by atoms with Crippen molar-refractivity contribution in [2.24, 2.45) is 0 Å². The predicted molar refractivity (Wildman–Crippen MR) is 81.7 cm³/mol. The first kappa shape index (κ1) is 14.1. The van der Waals surface area contributed by atoms with Gasteiger partial charge in [0.15, 0.2) is 0 Å². The number of aryl methyl sites for hydroxylation is 1. The normalized spacial score (nSPS) is 11.1. The average Bonchev–Trinajstić information content (AvgIpc) is 2.77. The van der Waals surface area contributed by atoms with Gasteiger partial charge in [0.2, 0.25) is 0 Å². The molecule has 0 aliphatic carbocycles. The van der Waals surface area contributed by atoms with Crippen LogP contribution in [0, 0.1) is 0 Å². The van der Waals surface area contributed by atoms with Crippen LogP contribution in [0.5, 0.6) is 0 Å². The second-order valence-electron chi connectivity index (χ2n) is 4.55. The average molecular weight is 276 g/mol. The summed E-state index contributed by atoms with van der Waals surface area (Å²) in [5.74, 6) is 1.92. The van der Waals surface area contributed by atoms with E-state index in [1.54, 1.807) is 11.8 Å². The Bertz CT molecular complexity index is 562. The third-order valence-corrected chi connectivity index (χ3v) is 4.23. The number of nitrogens with zero attached hydrogens (tertiary/aromatic N) is 2. The molecule has 2 rings (SSSR count). The molecule has 0 aliphatic heterocycles. The predicted octanol–water partition coefficient (Wildman–Crippen LogP) is 3.31. The zero-order valence-electron chi connectivity index (χ0n) is 11.6. The molecule has 0 spiro atoms. The minimum Gasteiger partial charge on any atom is -0.298 e. The van der Waals surface area contributed by atoms with Crippen molar-refractivity contribution in [3.05, 3.63) is 30.0 Å². The van der Waals surface area contributed by atoms with Crippen molar-refractivity contribution in [3.8, 4) is 0 Å². The van der Waals surface area contributed by atoms with Gasteiger partial charge in [-0.3, -0.25) is 9.48 Å². The lowest BCUT2D eigenvalue weighted by Crippen LogP contribution is -2.07. The number of benzene rings is 1. The molecule has 0 saturated carbocycles. The van der Waals surface area contributed by atoms with E-state index in [-0.39, 0.29) is 5.78 Å². The monoisotopic (exact) mass is 276 g/mol. The second-order valence-corrected chi connectivity index (χ2v) is 5.65. The summed E-state index contributed by atoms with van der Waals surface area (Å²) in [7, 11) is 0. The minimum atomic E-state index is 0.268. The Hall–Kier alpha value is -1.29. The molecule has 0 amide bonds. The third kappa shape index (κ3) is 3.38. The second kappa shape index (κ2) is 6.75. The molecule has 2 aromatic rings. The zero-order chi connectivity index (χ0) is 13.7. The van der Waals surface area contributed by atoms with Gasteiger partial charge in [-0.1, -0.05) is 25.1 Å². The molecular formula is C15H20N2OS. The van der Waals surface area contributed by atoms with Gasteiger partial charge < -0.3 is 0 Å². The van der Waals surface area contributed by atoms with Gasteiger partial charge in [-0.25, -0.2) is 0 Å². The van der Waals surface area contributed by atoms with Crippen molar-refractivity contribution in [2.75, 3.05) is 11.5 Å². The van der Waals surface area contributed by atoms with E-state index >= 15 is 0 Å². The van der Waals surface area contributed by atoms with Gasteiger partial charge in [0.05, 0.1) is 23.4 Å². The van der Waals surface area contributed by atoms with E-state index in [1.807, 2.05) is 16.8 Å². The summed E-state index contributed by atoms with van der Waals surface area (Å²) in [6.45, 7) is 5.04. The Kier molecular flexibility index (Phi) is 5.02. The number of thioether (sulfide) groups is 1. The Morgan fingerprint density at radius 2 is 2.11 bits per heavy atom. The van der Waals surface area contributed by atoms with Crippen LogP contribution in [0.2, 0.25) is 0 Å². The molecule has 0 N–H and O–H groups in total. The van der Waals surface area contributed by atoms with Gasteiger partial charge in [0, 0.05) is 11.9 Å². The molecule has 3 nitrogen and oxygen atoms in total.